The number of carbonyl (C=O) groups excluding carboxylic acids is 1. The molecule has 4 aromatic carbocycles. The van der Waals surface area contributed by atoms with Crippen molar-refractivity contribution in [1.29, 1.82) is 0 Å². The monoisotopic (exact) mass is 503 g/mol. The second-order valence-corrected chi connectivity index (χ2v) is 9.74. The molecule has 0 atom stereocenters. The number of rotatable bonds is 4. The Balaban J connectivity index is 1.11. The Hall–Kier alpha value is -4.55. The van der Waals surface area contributed by atoms with Crippen LogP contribution in [0.25, 0.3) is 17.2 Å². The predicted octanol–water partition coefficient (Wildman–Crippen LogP) is 6.36. The molecule has 6 heteroatoms. The molecule has 0 saturated heterocycles. The molecule has 0 aromatic heterocycles. The highest BCUT2D eigenvalue weighted by molar-refractivity contribution is 6.15. The molecule has 4 aromatic rings. The van der Waals surface area contributed by atoms with Crippen molar-refractivity contribution in [3.8, 4) is 34.1 Å². The topological polar surface area (TPSA) is 57.2 Å². The number of carbonyl (C=O) groups is 1. The van der Waals surface area contributed by atoms with Gasteiger partial charge in [-0.1, -0.05) is 60.7 Å². The molecule has 3 heterocycles. The lowest BCUT2D eigenvalue weighted by molar-refractivity contribution is 0.0876. The van der Waals surface area contributed by atoms with Crippen molar-refractivity contribution in [2.45, 2.75) is 20.0 Å². The van der Waals surface area contributed by atoms with Gasteiger partial charge in [-0.25, -0.2) is 0 Å². The van der Waals surface area contributed by atoms with E-state index < -0.39 is 0 Å². The van der Waals surface area contributed by atoms with Gasteiger partial charge in [0.2, 0.25) is 12.6 Å². The molecule has 0 spiro atoms. The number of fused-ring (bicyclic) bond motifs is 3. The molecule has 6 nitrogen and oxygen atoms in total. The normalized spacial score (nSPS) is 16.7. The van der Waals surface area contributed by atoms with E-state index in [0.29, 0.717) is 36.9 Å². The fourth-order valence-corrected chi connectivity index (χ4v) is 5.25. The summed E-state index contributed by atoms with van der Waals surface area (Å²) in [7, 11) is 0. The smallest absolute Gasteiger partial charge is 0.231 e. The summed E-state index contributed by atoms with van der Waals surface area (Å²) >= 11 is 0. The number of benzene rings is 4. The lowest BCUT2D eigenvalue weighted by Crippen LogP contribution is -2.32. The van der Waals surface area contributed by atoms with Crippen LogP contribution in [0.15, 0.2) is 84.6 Å². The van der Waals surface area contributed by atoms with Crippen LogP contribution >= 0.6 is 0 Å². The largest absolute Gasteiger partial charge is 0.477 e. The molecule has 0 fully saturated rings. The summed E-state index contributed by atoms with van der Waals surface area (Å²) in [5, 5.41) is 0. The molecule has 0 aliphatic carbocycles. The van der Waals surface area contributed by atoms with Crippen molar-refractivity contribution in [2.24, 2.45) is 0 Å². The van der Waals surface area contributed by atoms with E-state index >= 15 is 0 Å². The second-order valence-electron chi connectivity index (χ2n) is 9.74. The molecule has 0 bridgehead atoms. The van der Waals surface area contributed by atoms with Gasteiger partial charge in [-0.15, -0.1) is 0 Å². The van der Waals surface area contributed by atoms with Crippen molar-refractivity contribution >= 4 is 11.9 Å². The van der Waals surface area contributed by atoms with Gasteiger partial charge in [0.05, 0.1) is 5.56 Å². The summed E-state index contributed by atoms with van der Waals surface area (Å²) in [6, 6.07) is 26.2. The molecular formula is C32H25NO5. The number of hydrogen-bond acceptors (Lipinski definition) is 6. The van der Waals surface area contributed by atoms with Gasteiger partial charge >= 0.3 is 0 Å². The second kappa shape index (κ2) is 9.08. The first-order chi connectivity index (χ1) is 18.6. The minimum atomic E-state index is -0.106. The Bertz CT molecular complexity index is 1590. The van der Waals surface area contributed by atoms with Gasteiger partial charge < -0.3 is 18.9 Å². The van der Waals surface area contributed by atoms with Gasteiger partial charge in [0, 0.05) is 24.2 Å². The molecule has 3 aliphatic heterocycles. The van der Waals surface area contributed by atoms with Crippen LogP contribution in [-0.4, -0.2) is 24.2 Å². The molecule has 0 radical (unpaired) electrons. The van der Waals surface area contributed by atoms with Crippen molar-refractivity contribution in [3.63, 3.8) is 0 Å². The number of nitrogens with zero attached hydrogens (tertiary/aromatic N) is 1. The summed E-state index contributed by atoms with van der Waals surface area (Å²) in [6.45, 7) is 4.03. The van der Waals surface area contributed by atoms with Crippen LogP contribution in [0.5, 0.6) is 23.0 Å². The molecule has 3 aliphatic rings. The Morgan fingerprint density at radius 1 is 0.842 bits per heavy atom. The van der Waals surface area contributed by atoms with Crippen LogP contribution in [0.2, 0.25) is 0 Å². The average molecular weight is 504 g/mol. The van der Waals surface area contributed by atoms with Crippen LogP contribution in [-0.2, 0) is 13.1 Å². The number of allylic oxidation sites excluding steroid dienone is 1. The van der Waals surface area contributed by atoms with E-state index in [2.05, 4.69) is 29.2 Å². The van der Waals surface area contributed by atoms with Gasteiger partial charge in [0.15, 0.2) is 17.3 Å². The Kier molecular flexibility index (Phi) is 5.41. The molecular weight excluding hydrogens is 478 g/mol. The molecule has 0 saturated carbocycles. The first kappa shape index (κ1) is 22.6. The highest BCUT2D eigenvalue weighted by atomic mass is 16.7. The van der Waals surface area contributed by atoms with Gasteiger partial charge in [0.25, 0.3) is 0 Å². The third-order valence-corrected chi connectivity index (χ3v) is 7.16. The molecule has 0 N–H and O–H groups in total. The lowest BCUT2D eigenvalue weighted by atomic mass is 9.99. The first-order valence-electron chi connectivity index (χ1n) is 12.6. The zero-order chi connectivity index (χ0) is 25.6. The van der Waals surface area contributed by atoms with E-state index in [1.165, 1.54) is 0 Å². The molecule has 38 heavy (non-hydrogen) atoms. The fourth-order valence-electron chi connectivity index (χ4n) is 5.25. The van der Waals surface area contributed by atoms with Crippen molar-refractivity contribution in [3.05, 3.63) is 112 Å². The highest BCUT2D eigenvalue weighted by Gasteiger charge is 2.33. The maximum atomic E-state index is 13.3. The number of hydrogen-bond donors (Lipinski definition) is 0. The SMILES string of the molecule is Cc1c2c(cc3c1O/C(=C\c1ccc(-c4ccccc4)cc1)C3=O)CN(Cc1ccc3c(c1)OCO3)CO2. The van der Waals surface area contributed by atoms with Crippen LogP contribution in [0.3, 0.4) is 0 Å². The summed E-state index contributed by atoms with van der Waals surface area (Å²) in [6.07, 6.45) is 1.81. The third-order valence-electron chi connectivity index (χ3n) is 7.16. The van der Waals surface area contributed by atoms with Crippen molar-refractivity contribution < 1.29 is 23.7 Å². The Morgan fingerprint density at radius 2 is 1.63 bits per heavy atom. The van der Waals surface area contributed by atoms with E-state index in [-0.39, 0.29) is 12.6 Å². The summed E-state index contributed by atoms with van der Waals surface area (Å²) in [5.74, 6) is 3.15. The van der Waals surface area contributed by atoms with E-state index in [9.17, 15) is 4.79 Å². The van der Waals surface area contributed by atoms with Gasteiger partial charge in [0.1, 0.15) is 18.2 Å². The van der Waals surface area contributed by atoms with Gasteiger partial charge in [-0.3, -0.25) is 9.69 Å². The zero-order valence-electron chi connectivity index (χ0n) is 20.9. The standard InChI is InChI=1S/C32H25NO5/c1-20-31-25(17-33(18-35-31)16-22-9-12-27-28(14-22)37-19-36-27)15-26-30(34)29(38-32(20)26)13-21-7-10-24(11-8-21)23-5-3-2-4-6-23/h2-15H,16-19H2,1H3/b29-13-. The molecule has 0 unspecified atom stereocenters. The maximum Gasteiger partial charge on any atom is 0.231 e. The summed E-state index contributed by atoms with van der Waals surface area (Å²) in [4.78, 5) is 15.5. The molecule has 188 valence electrons. The number of ether oxygens (including phenoxy) is 4. The first-order valence-corrected chi connectivity index (χ1v) is 12.6. The molecule has 0 amide bonds. The minimum absolute atomic E-state index is 0.106. The van der Waals surface area contributed by atoms with Gasteiger partial charge in [-0.05, 0) is 53.5 Å². The van der Waals surface area contributed by atoms with Crippen molar-refractivity contribution in [1.82, 2.24) is 4.90 Å². The fraction of sp³-hybridized carbons (Fsp3) is 0.156. The van der Waals surface area contributed by atoms with Crippen LogP contribution in [0.1, 0.15) is 32.6 Å². The summed E-state index contributed by atoms with van der Waals surface area (Å²) < 4.78 is 23.2. The van der Waals surface area contributed by atoms with E-state index in [1.807, 2.05) is 67.6 Å². The third kappa shape index (κ3) is 3.99. The Morgan fingerprint density at radius 3 is 2.47 bits per heavy atom. The quantitative estimate of drug-likeness (QED) is 0.302. The Labute approximate surface area is 220 Å². The van der Waals surface area contributed by atoms with Crippen LogP contribution in [0.4, 0.5) is 0 Å². The zero-order valence-corrected chi connectivity index (χ0v) is 20.9. The lowest BCUT2D eigenvalue weighted by Gasteiger charge is -2.30. The van der Waals surface area contributed by atoms with Gasteiger partial charge in [-0.2, -0.15) is 0 Å². The number of Topliss-reactive ketones (excluding diaryl/α,β-unsaturated/α-hetero) is 1. The van der Waals surface area contributed by atoms with Crippen LogP contribution in [0, 0.1) is 6.92 Å². The maximum absolute atomic E-state index is 13.3. The average Bonchev–Trinajstić information content (AvgIpc) is 3.54. The van der Waals surface area contributed by atoms with E-state index in [4.69, 9.17) is 18.9 Å². The van der Waals surface area contributed by atoms with Crippen LogP contribution < -0.4 is 18.9 Å². The highest BCUT2D eigenvalue weighted by Crippen LogP contribution is 2.43. The molecule has 7 rings (SSSR count). The predicted molar refractivity (Wildman–Crippen MR) is 143 cm³/mol. The summed E-state index contributed by atoms with van der Waals surface area (Å²) in [5.41, 5.74) is 6.73. The minimum Gasteiger partial charge on any atom is -0.477 e. The van der Waals surface area contributed by atoms with E-state index in [1.54, 1.807) is 0 Å². The van der Waals surface area contributed by atoms with Crippen molar-refractivity contribution in [2.75, 3.05) is 13.5 Å². The number of ketones is 1. The van der Waals surface area contributed by atoms with E-state index in [0.717, 1.165) is 50.6 Å².